The smallest absolute Gasteiger partial charge is 0.244 e. The van der Waals surface area contributed by atoms with Crippen molar-refractivity contribution >= 4 is 17.5 Å². The van der Waals surface area contributed by atoms with Gasteiger partial charge in [0, 0.05) is 12.2 Å². The highest BCUT2D eigenvalue weighted by Crippen LogP contribution is 2.26. The molecule has 0 amide bonds. The second kappa shape index (κ2) is 7.55. The third-order valence-electron chi connectivity index (χ3n) is 3.70. The first-order valence-corrected chi connectivity index (χ1v) is 8.06. The highest BCUT2D eigenvalue weighted by molar-refractivity contribution is 5.61. The number of anilines is 3. The van der Waals surface area contributed by atoms with Gasteiger partial charge in [-0.05, 0) is 23.1 Å². The molecule has 1 heterocycles. The zero-order chi connectivity index (χ0) is 16.8. The molecule has 0 saturated carbocycles. The molecule has 2 N–H and O–H groups in total. The van der Waals surface area contributed by atoms with Crippen LogP contribution in [0.1, 0.15) is 30.9 Å². The quantitative estimate of drug-likeness (QED) is 0.707. The standard InChI is InChI=1S/C19H21N5/c1-14(2)16-10-6-7-11-17(16)22-18-13-21-24-19(23-18)20-12-15-8-4-3-5-9-15/h3-11,13-14H,12H2,1-2H3,(H2,20,22,23,24). The lowest BCUT2D eigenvalue weighted by atomic mass is 10.0. The van der Waals surface area contributed by atoms with Crippen molar-refractivity contribution in [3.63, 3.8) is 0 Å². The van der Waals surface area contributed by atoms with Gasteiger partial charge in [0.05, 0.1) is 6.20 Å². The van der Waals surface area contributed by atoms with Gasteiger partial charge in [-0.1, -0.05) is 62.4 Å². The molecule has 0 unspecified atom stereocenters. The fourth-order valence-electron chi connectivity index (χ4n) is 2.47. The summed E-state index contributed by atoms with van der Waals surface area (Å²) in [6, 6.07) is 18.4. The molecule has 0 radical (unpaired) electrons. The third-order valence-corrected chi connectivity index (χ3v) is 3.70. The fraction of sp³-hybridized carbons (Fsp3) is 0.211. The Bertz CT molecular complexity index is 787. The topological polar surface area (TPSA) is 62.7 Å². The molecular formula is C19H21N5. The van der Waals surface area contributed by atoms with E-state index in [9.17, 15) is 0 Å². The summed E-state index contributed by atoms with van der Waals surface area (Å²) < 4.78 is 0. The molecule has 3 rings (SSSR count). The Hall–Kier alpha value is -2.95. The van der Waals surface area contributed by atoms with E-state index in [-0.39, 0.29) is 0 Å². The number of para-hydroxylation sites is 1. The van der Waals surface area contributed by atoms with Crippen LogP contribution in [0.25, 0.3) is 0 Å². The highest BCUT2D eigenvalue weighted by atomic mass is 15.3. The maximum absolute atomic E-state index is 4.49. The Morgan fingerprint density at radius 3 is 2.50 bits per heavy atom. The number of nitrogens with one attached hydrogen (secondary N) is 2. The summed E-state index contributed by atoms with van der Waals surface area (Å²) in [5.41, 5.74) is 3.46. The van der Waals surface area contributed by atoms with Gasteiger partial charge in [-0.25, -0.2) is 0 Å². The Labute approximate surface area is 142 Å². The van der Waals surface area contributed by atoms with E-state index in [1.807, 2.05) is 30.3 Å². The lowest BCUT2D eigenvalue weighted by molar-refractivity contribution is 0.868. The maximum Gasteiger partial charge on any atom is 0.244 e. The van der Waals surface area contributed by atoms with E-state index in [1.54, 1.807) is 6.20 Å². The average molecular weight is 319 g/mol. The molecule has 0 saturated heterocycles. The molecule has 5 nitrogen and oxygen atoms in total. The van der Waals surface area contributed by atoms with Gasteiger partial charge in [0.15, 0.2) is 5.82 Å². The molecular weight excluding hydrogens is 298 g/mol. The number of benzene rings is 2. The molecule has 5 heteroatoms. The Kier molecular flexibility index (Phi) is 5.01. The summed E-state index contributed by atoms with van der Waals surface area (Å²) in [6.45, 7) is 5.01. The summed E-state index contributed by atoms with van der Waals surface area (Å²) in [5.74, 6) is 1.61. The van der Waals surface area contributed by atoms with Crippen LogP contribution in [0.5, 0.6) is 0 Å². The normalized spacial score (nSPS) is 10.6. The molecule has 3 aromatic rings. The van der Waals surface area contributed by atoms with Crippen molar-refractivity contribution in [2.45, 2.75) is 26.3 Å². The molecule has 0 aliphatic carbocycles. The minimum Gasteiger partial charge on any atom is -0.349 e. The maximum atomic E-state index is 4.49. The van der Waals surface area contributed by atoms with E-state index in [0.717, 1.165) is 5.69 Å². The highest BCUT2D eigenvalue weighted by Gasteiger charge is 2.07. The van der Waals surface area contributed by atoms with Gasteiger partial charge in [0.1, 0.15) is 0 Å². The zero-order valence-corrected chi connectivity index (χ0v) is 13.9. The Morgan fingerprint density at radius 2 is 1.71 bits per heavy atom. The predicted octanol–water partition coefficient (Wildman–Crippen LogP) is 4.35. The van der Waals surface area contributed by atoms with Crippen LogP contribution in [0.4, 0.5) is 17.5 Å². The fourth-order valence-corrected chi connectivity index (χ4v) is 2.47. The molecule has 0 bridgehead atoms. The second-order valence-electron chi connectivity index (χ2n) is 5.87. The van der Waals surface area contributed by atoms with Gasteiger partial charge in [-0.15, -0.1) is 5.10 Å². The predicted molar refractivity (Wildman–Crippen MR) is 97.4 cm³/mol. The van der Waals surface area contributed by atoms with Gasteiger partial charge in [-0.2, -0.15) is 10.1 Å². The molecule has 0 spiro atoms. The molecule has 0 aliphatic rings. The van der Waals surface area contributed by atoms with Gasteiger partial charge in [-0.3, -0.25) is 0 Å². The molecule has 1 aromatic heterocycles. The van der Waals surface area contributed by atoms with Crippen LogP contribution in [-0.4, -0.2) is 15.2 Å². The average Bonchev–Trinajstić information content (AvgIpc) is 2.61. The van der Waals surface area contributed by atoms with Crippen LogP contribution in [-0.2, 0) is 6.54 Å². The van der Waals surface area contributed by atoms with Crippen molar-refractivity contribution in [2.75, 3.05) is 10.6 Å². The second-order valence-corrected chi connectivity index (χ2v) is 5.87. The monoisotopic (exact) mass is 319 g/mol. The summed E-state index contributed by atoms with van der Waals surface area (Å²) in [4.78, 5) is 4.49. The van der Waals surface area contributed by atoms with E-state index in [0.29, 0.717) is 24.2 Å². The third kappa shape index (κ3) is 4.07. The number of aromatic nitrogens is 3. The van der Waals surface area contributed by atoms with E-state index >= 15 is 0 Å². The van der Waals surface area contributed by atoms with E-state index in [1.165, 1.54) is 11.1 Å². The summed E-state index contributed by atoms with van der Waals surface area (Å²) in [7, 11) is 0. The molecule has 24 heavy (non-hydrogen) atoms. The number of hydrogen-bond acceptors (Lipinski definition) is 5. The first kappa shape index (κ1) is 15.9. The Balaban J connectivity index is 1.72. The first-order valence-electron chi connectivity index (χ1n) is 8.06. The minimum atomic E-state index is 0.430. The van der Waals surface area contributed by atoms with Gasteiger partial charge in [0.25, 0.3) is 0 Å². The first-order chi connectivity index (χ1) is 11.7. The largest absolute Gasteiger partial charge is 0.349 e. The van der Waals surface area contributed by atoms with E-state index in [2.05, 4.69) is 63.9 Å². The number of rotatable bonds is 6. The van der Waals surface area contributed by atoms with Crippen molar-refractivity contribution in [3.8, 4) is 0 Å². The van der Waals surface area contributed by atoms with Crippen LogP contribution >= 0.6 is 0 Å². The molecule has 0 aliphatic heterocycles. The van der Waals surface area contributed by atoms with Crippen molar-refractivity contribution in [3.05, 3.63) is 71.9 Å². The SMILES string of the molecule is CC(C)c1ccccc1Nc1cnnc(NCc2ccccc2)n1. The van der Waals surface area contributed by atoms with Crippen LogP contribution in [0.2, 0.25) is 0 Å². The molecule has 0 fully saturated rings. The van der Waals surface area contributed by atoms with Crippen molar-refractivity contribution < 1.29 is 0 Å². The molecule has 2 aromatic carbocycles. The van der Waals surface area contributed by atoms with E-state index < -0.39 is 0 Å². The van der Waals surface area contributed by atoms with Crippen molar-refractivity contribution in [1.82, 2.24) is 15.2 Å². The molecule has 0 atom stereocenters. The van der Waals surface area contributed by atoms with Crippen LogP contribution in [0.3, 0.4) is 0 Å². The molecule has 122 valence electrons. The minimum absolute atomic E-state index is 0.430. The zero-order valence-electron chi connectivity index (χ0n) is 13.9. The number of nitrogens with zero attached hydrogens (tertiary/aromatic N) is 3. The van der Waals surface area contributed by atoms with Gasteiger partial charge < -0.3 is 10.6 Å². The van der Waals surface area contributed by atoms with E-state index in [4.69, 9.17) is 0 Å². The number of hydrogen-bond donors (Lipinski definition) is 2. The van der Waals surface area contributed by atoms with Crippen molar-refractivity contribution in [2.24, 2.45) is 0 Å². The lowest BCUT2D eigenvalue weighted by Crippen LogP contribution is -2.07. The van der Waals surface area contributed by atoms with Crippen LogP contribution < -0.4 is 10.6 Å². The van der Waals surface area contributed by atoms with Gasteiger partial charge in [0.2, 0.25) is 5.95 Å². The summed E-state index contributed by atoms with van der Waals surface area (Å²) in [5, 5.41) is 14.6. The van der Waals surface area contributed by atoms with Crippen molar-refractivity contribution in [1.29, 1.82) is 0 Å². The van der Waals surface area contributed by atoms with Crippen LogP contribution in [0.15, 0.2) is 60.8 Å². The summed E-state index contributed by atoms with van der Waals surface area (Å²) >= 11 is 0. The lowest BCUT2D eigenvalue weighted by Gasteiger charge is -2.14. The van der Waals surface area contributed by atoms with Crippen LogP contribution in [0, 0.1) is 0 Å². The van der Waals surface area contributed by atoms with Gasteiger partial charge >= 0.3 is 0 Å². The Morgan fingerprint density at radius 1 is 0.958 bits per heavy atom. The summed E-state index contributed by atoms with van der Waals surface area (Å²) in [6.07, 6.45) is 1.63.